The van der Waals surface area contributed by atoms with E-state index in [1.807, 2.05) is 11.5 Å². The number of halogens is 5. The predicted octanol–water partition coefficient (Wildman–Crippen LogP) is 8.32. The van der Waals surface area contributed by atoms with Crippen LogP contribution in [0.5, 0.6) is 5.75 Å². The number of hydrogen-bond donors (Lipinski definition) is 2. The van der Waals surface area contributed by atoms with Crippen molar-refractivity contribution in [1.82, 2.24) is 24.8 Å². The summed E-state index contributed by atoms with van der Waals surface area (Å²) in [5, 5.41) is 13.4. The minimum atomic E-state index is -5.05. The normalized spacial score (nSPS) is 25.9. The van der Waals surface area contributed by atoms with Crippen LogP contribution in [-0.4, -0.2) is 67.2 Å². The number of alkyl halides is 5. The molecule has 55 heavy (non-hydrogen) atoms. The van der Waals surface area contributed by atoms with Gasteiger partial charge in [0.15, 0.2) is 5.69 Å². The van der Waals surface area contributed by atoms with Gasteiger partial charge in [-0.1, -0.05) is 6.92 Å². The van der Waals surface area contributed by atoms with Gasteiger partial charge in [-0.2, -0.15) is 13.2 Å². The molecule has 0 spiro atoms. The van der Waals surface area contributed by atoms with E-state index in [1.165, 1.54) is 6.07 Å². The molecule has 10 nitrogen and oxygen atoms in total. The number of amides is 1. The van der Waals surface area contributed by atoms with Crippen LogP contribution in [0, 0.1) is 17.8 Å². The number of anilines is 1. The maximum absolute atomic E-state index is 14.8. The molecule has 1 aliphatic heterocycles. The highest BCUT2D eigenvalue weighted by atomic mass is 19.4. The molecule has 1 saturated heterocycles. The number of aromatic nitrogens is 4. The number of nitrogens with zero attached hydrogens (tertiary/aromatic N) is 5. The minimum Gasteiger partial charge on any atom is -0.490 e. The first-order valence-electron chi connectivity index (χ1n) is 19.0. The van der Waals surface area contributed by atoms with Crippen LogP contribution in [0.1, 0.15) is 93.2 Å². The molecule has 15 heteroatoms. The Morgan fingerprint density at radius 2 is 1.71 bits per heavy atom. The summed E-state index contributed by atoms with van der Waals surface area (Å²) < 4.78 is 81.0. The van der Waals surface area contributed by atoms with E-state index < -0.39 is 40.8 Å². The number of ether oxygens (including phenoxy) is 1. The number of carboxylic acids is 1. The lowest BCUT2D eigenvalue weighted by Gasteiger charge is -2.33. The molecule has 4 aromatic rings. The Morgan fingerprint density at radius 3 is 2.40 bits per heavy atom. The molecule has 4 unspecified atom stereocenters. The van der Waals surface area contributed by atoms with E-state index >= 15 is 0 Å². The second-order valence-corrected chi connectivity index (χ2v) is 16.0. The van der Waals surface area contributed by atoms with Crippen molar-refractivity contribution in [2.24, 2.45) is 17.8 Å². The zero-order chi connectivity index (χ0) is 38.7. The van der Waals surface area contributed by atoms with E-state index in [0.717, 1.165) is 12.5 Å². The molecule has 292 valence electrons. The van der Waals surface area contributed by atoms with Crippen molar-refractivity contribution < 1.29 is 41.4 Å². The fourth-order valence-corrected chi connectivity index (χ4v) is 9.62. The molecular formula is C40H43F5N6O4. The SMILES string of the molecule is CC1CC2CC(C1)C(NC(=O)c1ccc(-c3cn(C4CCC(F)(F)CC4)c4cc(OC5CCN(c6ncccn6)CC5)ccc34)nc1C(F)(F)F)(C(=O)O)C2. The number of benzene rings is 1. The third-order valence-corrected chi connectivity index (χ3v) is 12.2. The third-order valence-electron chi connectivity index (χ3n) is 12.2. The van der Waals surface area contributed by atoms with Gasteiger partial charge in [0, 0.05) is 80.4 Å². The second-order valence-electron chi connectivity index (χ2n) is 16.0. The summed E-state index contributed by atoms with van der Waals surface area (Å²) in [6, 6.07) is 9.08. The number of carbonyl (C=O) groups is 2. The van der Waals surface area contributed by atoms with Crippen LogP contribution in [0.4, 0.5) is 27.9 Å². The fraction of sp³-hybridized carbons (Fsp3) is 0.525. The zero-order valence-corrected chi connectivity index (χ0v) is 30.4. The highest BCUT2D eigenvalue weighted by Gasteiger charge is 2.56. The lowest BCUT2D eigenvalue weighted by Crippen LogP contribution is -2.57. The standard InChI is InChI=1S/C40H43F5N6O4/c1-23-17-24-19-25(18-23)39(21-24,36(53)54)49-35(52)30-5-6-32(48-34(30)40(43,44)45)31-22-51(26-7-11-38(41,42)12-8-26)33-20-28(3-4-29(31)33)55-27-9-15-50(16-10-27)37-46-13-2-14-47-37/h2-6,13-14,20,22-27H,7-12,15-19,21H2,1H3,(H,49,52)(H,53,54). The molecule has 1 amide bonds. The molecule has 8 rings (SSSR count). The van der Waals surface area contributed by atoms with Crippen molar-refractivity contribution in [2.75, 3.05) is 18.0 Å². The lowest BCUT2D eigenvalue weighted by atomic mass is 9.78. The van der Waals surface area contributed by atoms with E-state index in [1.54, 1.807) is 42.9 Å². The lowest BCUT2D eigenvalue weighted by molar-refractivity contribution is -0.146. The quantitative estimate of drug-likeness (QED) is 0.172. The van der Waals surface area contributed by atoms with Gasteiger partial charge in [0.2, 0.25) is 11.9 Å². The molecule has 1 aromatic carbocycles. The van der Waals surface area contributed by atoms with E-state index in [4.69, 9.17) is 4.74 Å². The molecule has 3 aliphatic carbocycles. The van der Waals surface area contributed by atoms with Gasteiger partial charge in [-0.15, -0.1) is 0 Å². The Labute approximate surface area is 314 Å². The topological polar surface area (TPSA) is 122 Å². The van der Waals surface area contributed by atoms with Crippen LogP contribution in [0.3, 0.4) is 0 Å². The zero-order valence-electron chi connectivity index (χ0n) is 30.4. The van der Waals surface area contributed by atoms with Crippen molar-refractivity contribution in [3.63, 3.8) is 0 Å². The first-order valence-corrected chi connectivity index (χ1v) is 19.0. The highest BCUT2D eigenvalue weighted by molar-refractivity contribution is 6.00. The van der Waals surface area contributed by atoms with Crippen molar-refractivity contribution in [1.29, 1.82) is 0 Å². The maximum Gasteiger partial charge on any atom is 0.434 e. The van der Waals surface area contributed by atoms with Crippen molar-refractivity contribution in [2.45, 2.75) is 101 Å². The van der Waals surface area contributed by atoms with Gasteiger partial charge in [0.05, 0.1) is 16.8 Å². The van der Waals surface area contributed by atoms with Gasteiger partial charge >= 0.3 is 12.1 Å². The Morgan fingerprint density at radius 1 is 0.982 bits per heavy atom. The summed E-state index contributed by atoms with van der Waals surface area (Å²) in [6.07, 6.45) is 3.14. The molecule has 4 fully saturated rings. The number of piperidine rings is 1. The summed E-state index contributed by atoms with van der Waals surface area (Å²) in [5.41, 5.74) is -2.96. The molecule has 2 bridgehead atoms. The number of nitrogens with one attached hydrogen (secondary N) is 1. The fourth-order valence-electron chi connectivity index (χ4n) is 9.62. The largest absolute Gasteiger partial charge is 0.490 e. The number of aliphatic carboxylic acids is 1. The molecule has 3 aromatic heterocycles. The average molecular weight is 767 g/mol. The summed E-state index contributed by atoms with van der Waals surface area (Å²) in [5.74, 6) is -4.05. The van der Waals surface area contributed by atoms with Crippen molar-refractivity contribution in [3.8, 4) is 17.0 Å². The number of rotatable bonds is 8. The van der Waals surface area contributed by atoms with Crippen LogP contribution in [0.15, 0.2) is 55.0 Å². The van der Waals surface area contributed by atoms with Crippen LogP contribution in [-0.2, 0) is 11.0 Å². The minimum absolute atomic E-state index is 0.0589. The van der Waals surface area contributed by atoms with Gasteiger partial charge < -0.3 is 24.6 Å². The summed E-state index contributed by atoms with van der Waals surface area (Å²) in [7, 11) is 0. The maximum atomic E-state index is 14.8. The van der Waals surface area contributed by atoms with Crippen LogP contribution in [0.25, 0.3) is 22.2 Å². The smallest absolute Gasteiger partial charge is 0.434 e. The molecular weight excluding hydrogens is 723 g/mol. The molecule has 4 heterocycles. The number of fused-ring (bicyclic) bond motifs is 3. The Hall–Kier alpha value is -4.82. The van der Waals surface area contributed by atoms with Crippen LogP contribution in [0.2, 0.25) is 0 Å². The molecule has 4 aliphatic rings. The monoisotopic (exact) mass is 766 g/mol. The Balaban J connectivity index is 1.11. The van der Waals surface area contributed by atoms with Crippen molar-refractivity contribution in [3.05, 3.63) is 66.2 Å². The molecule has 3 saturated carbocycles. The predicted molar refractivity (Wildman–Crippen MR) is 193 cm³/mol. The first kappa shape index (κ1) is 37.1. The third kappa shape index (κ3) is 7.21. The number of hydrogen-bond acceptors (Lipinski definition) is 7. The molecule has 4 atom stereocenters. The number of carboxylic acid groups (broad SMARTS) is 1. The number of carbonyl (C=O) groups excluding carboxylic acids is 1. The highest BCUT2D eigenvalue weighted by Crippen LogP contribution is 2.51. The summed E-state index contributed by atoms with van der Waals surface area (Å²) >= 11 is 0. The van der Waals surface area contributed by atoms with Crippen molar-refractivity contribution >= 4 is 28.7 Å². The Kier molecular flexibility index (Phi) is 9.47. The molecule has 0 radical (unpaired) electrons. The molecule has 2 N–H and O–H groups in total. The van der Waals surface area contributed by atoms with Gasteiger partial charge in [-0.3, -0.25) is 4.79 Å². The van der Waals surface area contributed by atoms with E-state index in [-0.39, 0.29) is 67.7 Å². The first-order chi connectivity index (χ1) is 26.2. The Bertz CT molecular complexity index is 2080. The summed E-state index contributed by atoms with van der Waals surface area (Å²) in [6.45, 7) is 3.39. The van der Waals surface area contributed by atoms with Crippen LogP contribution < -0.4 is 15.0 Å². The van der Waals surface area contributed by atoms with Gasteiger partial charge in [-0.05, 0) is 86.6 Å². The van der Waals surface area contributed by atoms with E-state index in [9.17, 15) is 36.6 Å². The number of pyridine rings is 1. The van der Waals surface area contributed by atoms with Gasteiger partial charge in [0.25, 0.3) is 5.91 Å². The summed E-state index contributed by atoms with van der Waals surface area (Å²) in [4.78, 5) is 41.1. The van der Waals surface area contributed by atoms with E-state index in [2.05, 4.69) is 25.2 Å². The van der Waals surface area contributed by atoms with E-state index in [0.29, 0.717) is 66.9 Å². The average Bonchev–Trinajstić information content (AvgIpc) is 3.65. The second kappa shape index (κ2) is 14.0. The van der Waals surface area contributed by atoms with Gasteiger partial charge in [0.1, 0.15) is 17.4 Å². The van der Waals surface area contributed by atoms with Gasteiger partial charge in [-0.25, -0.2) is 28.5 Å². The van der Waals surface area contributed by atoms with Crippen LogP contribution >= 0.6 is 0 Å².